The summed E-state index contributed by atoms with van der Waals surface area (Å²) in [5.74, 6) is -0.143. The third kappa shape index (κ3) is 3.02. The summed E-state index contributed by atoms with van der Waals surface area (Å²) in [5.41, 5.74) is 7.25. The monoisotopic (exact) mass is 293 g/mol. The Morgan fingerprint density at radius 1 is 1.20 bits per heavy atom. The van der Waals surface area contributed by atoms with Crippen molar-refractivity contribution in [3.05, 3.63) is 51.5 Å². The molecule has 1 heterocycles. The number of halogens is 1. The lowest BCUT2D eigenvalue weighted by Gasteiger charge is -2.16. The predicted octanol–water partition coefficient (Wildman–Crippen LogP) is 4.24. The summed E-state index contributed by atoms with van der Waals surface area (Å²) in [7, 11) is 1.45. The van der Waals surface area contributed by atoms with Gasteiger partial charge in [0, 0.05) is 9.75 Å². The highest BCUT2D eigenvalue weighted by Gasteiger charge is 2.19. The Morgan fingerprint density at radius 3 is 2.45 bits per heavy atom. The molecule has 0 fully saturated rings. The fraction of sp³-hybridized carbons (Fsp3) is 0.375. The van der Waals surface area contributed by atoms with Gasteiger partial charge in [0.1, 0.15) is 0 Å². The maximum absolute atomic E-state index is 13.4. The second kappa shape index (κ2) is 5.54. The van der Waals surface area contributed by atoms with Crippen LogP contribution >= 0.6 is 11.3 Å². The summed E-state index contributed by atoms with van der Waals surface area (Å²) in [6.07, 6.45) is 0. The summed E-state index contributed by atoms with van der Waals surface area (Å²) in [6, 6.07) is 8.67. The first-order valence-corrected chi connectivity index (χ1v) is 7.34. The molecule has 20 heavy (non-hydrogen) atoms. The van der Waals surface area contributed by atoms with Crippen molar-refractivity contribution in [3.8, 4) is 5.75 Å². The van der Waals surface area contributed by atoms with Crippen LogP contribution in [0.25, 0.3) is 0 Å². The van der Waals surface area contributed by atoms with E-state index in [1.54, 1.807) is 23.5 Å². The lowest BCUT2D eigenvalue weighted by Crippen LogP contribution is -2.11. The van der Waals surface area contributed by atoms with Crippen molar-refractivity contribution in [1.29, 1.82) is 0 Å². The quantitative estimate of drug-likeness (QED) is 0.918. The van der Waals surface area contributed by atoms with Crippen LogP contribution < -0.4 is 10.5 Å². The van der Waals surface area contributed by atoms with E-state index in [-0.39, 0.29) is 23.0 Å². The standard InChI is InChI=1S/C16H20FNOS/c1-16(2,3)14-8-7-13(20-14)15(18)10-5-6-11(17)12(9-10)19-4/h5-9,15H,18H2,1-4H3. The van der Waals surface area contributed by atoms with Crippen LogP contribution in [0.5, 0.6) is 5.75 Å². The Hall–Kier alpha value is -1.39. The number of ether oxygens (including phenoxy) is 1. The maximum atomic E-state index is 13.4. The van der Waals surface area contributed by atoms with Crippen LogP contribution in [0, 0.1) is 5.82 Å². The van der Waals surface area contributed by atoms with Gasteiger partial charge in [-0.1, -0.05) is 26.8 Å². The van der Waals surface area contributed by atoms with Crippen LogP contribution in [0.2, 0.25) is 0 Å². The molecule has 0 aliphatic rings. The highest BCUT2D eigenvalue weighted by molar-refractivity contribution is 7.12. The Labute approximate surface area is 123 Å². The highest BCUT2D eigenvalue weighted by Crippen LogP contribution is 2.34. The average molecular weight is 293 g/mol. The molecule has 2 N–H and O–H groups in total. The molecule has 2 aromatic rings. The van der Waals surface area contributed by atoms with Crippen molar-refractivity contribution in [2.75, 3.05) is 7.11 Å². The van der Waals surface area contributed by atoms with Gasteiger partial charge in [0.05, 0.1) is 13.2 Å². The Morgan fingerprint density at radius 2 is 1.90 bits per heavy atom. The van der Waals surface area contributed by atoms with Crippen LogP contribution in [-0.4, -0.2) is 7.11 Å². The third-order valence-electron chi connectivity index (χ3n) is 3.21. The molecular formula is C16H20FNOS. The molecule has 0 saturated heterocycles. The van der Waals surface area contributed by atoms with Gasteiger partial charge < -0.3 is 10.5 Å². The molecule has 0 amide bonds. The zero-order valence-electron chi connectivity index (χ0n) is 12.2. The van der Waals surface area contributed by atoms with Gasteiger partial charge >= 0.3 is 0 Å². The number of rotatable bonds is 3. The van der Waals surface area contributed by atoms with Crippen molar-refractivity contribution in [2.45, 2.75) is 32.2 Å². The third-order valence-corrected chi connectivity index (χ3v) is 4.80. The van der Waals surface area contributed by atoms with E-state index >= 15 is 0 Å². The lowest BCUT2D eigenvalue weighted by molar-refractivity contribution is 0.385. The predicted molar refractivity (Wildman–Crippen MR) is 82.0 cm³/mol. The minimum Gasteiger partial charge on any atom is -0.494 e. The van der Waals surface area contributed by atoms with Crippen LogP contribution in [0.15, 0.2) is 30.3 Å². The molecule has 108 valence electrons. The van der Waals surface area contributed by atoms with Gasteiger partial charge in [-0.05, 0) is 35.2 Å². The van der Waals surface area contributed by atoms with E-state index < -0.39 is 0 Å². The maximum Gasteiger partial charge on any atom is 0.165 e. The van der Waals surface area contributed by atoms with Gasteiger partial charge in [-0.15, -0.1) is 11.3 Å². The summed E-state index contributed by atoms with van der Waals surface area (Å²) in [6.45, 7) is 6.53. The van der Waals surface area contributed by atoms with Gasteiger partial charge in [-0.3, -0.25) is 0 Å². The van der Waals surface area contributed by atoms with E-state index in [0.29, 0.717) is 0 Å². The number of hydrogen-bond acceptors (Lipinski definition) is 3. The van der Waals surface area contributed by atoms with Gasteiger partial charge in [-0.25, -0.2) is 4.39 Å². The van der Waals surface area contributed by atoms with Crippen molar-refractivity contribution >= 4 is 11.3 Å². The molecule has 2 rings (SSSR count). The lowest BCUT2D eigenvalue weighted by atomic mass is 9.95. The Kier molecular flexibility index (Phi) is 4.16. The smallest absolute Gasteiger partial charge is 0.165 e. The van der Waals surface area contributed by atoms with Crippen molar-refractivity contribution in [1.82, 2.24) is 0 Å². The van der Waals surface area contributed by atoms with Gasteiger partial charge in [0.25, 0.3) is 0 Å². The summed E-state index contributed by atoms with van der Waals surface area (Å²) in [4.78, 5) is 2.36. The minimum absolute atomic E-state index is 0.114. The molecule has 1 unspecified atom stereocenters. The SMILES string of the molecule is COc1cc(C(N)c2ccc(C(C)(C)C)s2)ccc1F. The summed E-state index contributed by atoms with van der Waals surface area (Å²) < 4.78 is 18.4. The second-order valence-corrected chi connectivity index (χ2v) is 6.94. The molecule has 1 atom stereocenters. The van der Waals surface area contributed by atoms with Crippen molar-refractivity contribution < 1.29 is 9.13 Å². The van der Waals surface area contributed by atoms with Gasteiger partial charge in [0.15, 0.2) is 11.6 Å². The molecule has 0 aliphatic carbocycles. The van der Waals surface area contributed by atoms with E-state index in [1.165, 1.54) is 18.1 Å². The first-order chi connectivity index (χ1) is 9.32. The van der Waals surface area contributed by atoms with E-state index in [0.717, 1.165) is 10.4 Å². The number of benzene rings is 1. The average Bonchev–Trinajstić information content (AvgIpc) is 2.88. The molecule has 1 aromatic heterocycles. The van der Waals surface area contributed by atoms with Gasteiger partial charge in [0.2, 0.25) is 0 Å². The second-order valence-electron chi connectivity index (χ2n) is 5.82. The Balaban J connectivity index is 2.31. The summed E-state index contributed by atoms with van der Waals surface area (Å²) in [5, 5.41) is 0. The van der Waals surface area contributed by atoms with Crippen molar-refractivity contribution in [3.63, 3.8) is 0 Å². The number of thiophene rings is 1. The van der Waals surface area contributed by atoms with E-state index in [4.69, 9.17) is 10.5 Å². The van der Waals surface area contributed by atoms with Crippen LogP contribution in [-0.2, 0) is 5.41 Å². The topological polar surface area (TPSA) is 35.2 Å². The van der Waals surface area contributed by atoms with Crippen LogP contribution in [0.3, 0.4) is 0 Å². The zero-order valence-corrected chi connectivity index (χ0v) is 13.1. The molecule has 0 radical (unpaired) electrons. The molecule has 0 aliphatic heterocycles. The molecule has 0 bridgehead atoms. The zero-order chi connectivity index (χ0) is 14.9. The molecule has 4 heteroatoms. The van der Waals surface area contributed by atoms with Crippen LogP contribution in [0.4, 0.5) is 4.39 Å². The molecule has 0 spiro atoms. The van der Waals surface area contributed by atoms with E-state index in [1.807, 2.05) is 6.07 Å². The summed E-state index contributed by atoms with van der Waals surface area (Å²) >= 11 is 1.70. The highest BCUT2D eigenvalue weighted by atomic mass is 32.1. The molecular weight excluding hydrogens is 273 g/mol. The first-order valence-electron chi connectivity index (χ1n) is 6.52. The fourth-order valence-corrected chi connectivity index (χ4v) is 3.05. The minimum atomic E-state index is -0.370. The van der Waals surface area contributed by atoms with Crippen molar-refractivity contribution in [2.24, 2.45) is 5.73 Å². The fourth-order valence-electron chi connectivity index (χ4n) is 1.96. The molecule has 0 saturated carbocycles. The van der Waals surface area contributed by atoms with Gasteiger partial charge in [-0.2, -0.15) is 0 Å². The van der Waals surface area contributed by atoms with E-state index in [2.05, 4.69) is 26.8 Å². The Bertz CT molecular complexity index is 601. The number of nitrogens with two attached hydrogens (primary N) is 1. The molecule has 2 nitrogen and oxygen atoms in total. The largest absolute Gasteiger partial charge is 0.494 e. The van der Waals surface area contributed by atoms with E-state index in [9.17, 15) is 4.39 Å². The van der Waals surface area contributed by atoms with Crippen LogP contribution in [0.1, 0.15) is 42.1 Å². The normalized spacial score (nSPS) is 13.3. The molecule has 1 aromatic carbocycles. The number of hydrogen-bond donors (Lipinski definition) is 1. The number of methoxy groups -OCH3 is 1. The first kappa shape index (κ1) is 15.0.